The van der Waals surface area contributed by atoms with Gasteiger partial charge in [-0.2, -0.15) is 9.13 Å². The molecule has 2 aromatic heterocycles. The van der Waals surface area contributed by atoms with Crippen LogP contribution in [0, 0.1) is 0 Å². The molecule has 5 nitrogen and oxygen atoms in total. The van der Waals surface area contributed by atoms with E-state index in [4.69, 9.17) is 4.74 Å². The summed E-state index contributed by atoms with van der Waals surface area (Å²) in [5.74, 6) is 2.18. The van der Waals surface area contributed by atoms with Gasteiger partial charge in [0, 0.05) is 37.4 Å². The first-order valence-corrected chi connectivity index (χ1v) is 12.5. The van der Waals surface area contributed by atoms with E-state index in [0.29, 0.717) is 13.2 Å². The molecule has 0 saturated carbocycles. The van der Waals surface area contributed by atoms with E-state index in [9.17, 15) is 0 Å². The van der Waals surface area contributed by atoms with Crippen LogP contribution in [0.25, 0.3) is 21.8 Å². The Bertz CT molecular complexity index is 1120. The quantitative estimate of drug-likeness (QED) is 0.318. The van der Waals surface area contributed by atoms with Gasteiger partial charge in [0.25, 0.3) is 0 Å². The molecule has 0 unspecified atom stereocenters. The van der Waals surface area contributed by atoms with Gasteiger partial charge >= 0.3 is 0 Å². The third-order valence-electron chi connectivity index (χ3n) is 5.93. The van der Waals surface area contributed by atoms with Crippen LogP contribution in [-0.4, -0.2) is 37.8 Å². The second kappa shape index (κ2) is 10.2. The van der Waals surface area contributed by atoms with Gasteiger partial charge in [0.15, 0.2) is 25.5 Å². The molecule has 32 heavy (non-hydrogen) atoms. The third kappa shape index (κ3) is 4.66. The number of nitrogens with zero attached hydrogens (tertiary/aromatic N) is 2. The van der Waals surface area contributed by atoms with Crippen LogP contribution in [0.1, 0.15) is 0 Å². The number of fused-ring (bicyclic) bond motifs is 12. The fourth-order valence-corrected chi connectivity index (χ4v) is 5.17. The normalized spacial score (nSPS) is 16.0. The summed E-state index contributed by atoms with van der Waals surface area (Å²) >= 11 is 2.01. The number of rotatable bonds is 0. The van der Waals surface area contributed by atoms with Gasteiger partial charge < -0.3 is 15.4 Å². The molecule has 4 heterocycles. The van der Waals surface area contributed by atoms with Crippen molar-refractivity contribution in [3.8, 4) is 0 Å². The number of pyridine rings is 2. The predicted octanol–water partition coefficient (Wildman–Crippen LogP) is 3.86. The molecule has 4 bridgehead atoms. The number of ether oxygens (including phenoxy) is 1. The molecule has 0 spiro atoms. The van der Waals surface area contributed by atoms with E-state index in [2.05, 4.69) is 92.8 Å². The van der Waals surface area contributed by atoms with Gasteiger partial charge in [-0.05, 0) is 12.1 Å². The van der Waals surface area contributed by atoms with Crippen molar-refractivity contribution in [3.63, 3.8) is 0 Å². The maximum Gasteiger partial charge on any atom is 0.214 e. The highest BCUT2D eigenvalue weighted by atomic mass is 32.2. The van der Waals surface area contributed by atoms with Crippen LogP contribution < -0.4 is 19.8 Å². The molecule has 2 N–H and O–H groups in total. The Morgan fingerprint density at radius 2 is 1.16 bits per heavy atom. The standard InChI is InChI=1S/C26H28N4OS/c1-3-7-25-21(5-1)23-9-13-29(25)15-19-32-20-16-30-14-10-24(22-6-2-4-8-26(22)30)28-12-18-31-17-11-27-23/h1-10,13-14H,11-12,15-20H2/p+2. The number of aryl methyl sites for hydroxylation is 2. The first kappa shape index (κ1) is 21.0. The third-order valence-corrected chi connectivity index (χ3v) is 6.87. The summed E-state index contributed by atoms with van der Waals surface area (Å²) in [5, 5.41) is 9.64. The van der Waals surface area contributed by atoms with Crippen molar-refractivity contribution in [3.05, 3.63) is 73.1 Å². The molecule has 6 heteroatoms. The van der Waals surface area contributed by atoms with Crippen LogP contribution in [0.5, 0.6) is 0 Å². The highest BCUT2D eigenvalue weighted by molar-refractivity contribution is 7.99. The largest absolute Gasteiger partial charge is 0.382 e. The van der Waals surface area contributed by atoms with Crippen LogP contribution in [-0.2, 0) is 17.8 Å². The molecule has 4 aromatic rings. The molecular weight excluding hydrogens is 416 g/mol. The number of anilines is 2. The second-order valence-corrected chi connectivity index (χ2v) is 9.18. The van der Waals surface area contributed by atoms with Crippen molar-refractivity contribution in [1.29, 1.82) is 0 Å². The number of hydrogen-bond donors (Lipinski definition) is 2. The minimum Gasteiger partial charge on any atom is -0.382 e. The van der Waals surface area contributed by atoms with E-state index in [-0.39, 0.29) is 0 Å². The predicted molar refractivity (Wildman–Crippen MR) is 133 cm³/mol. The fourth-order valence-electron chi connectivity index (χ4n) is 4.32. The minimum atomic E-state index is 0.678. The van der Waals surface area contributed by atoms with Crippen molar-refractivity contribution < 1.29 is 13.9 Å². The zero-order valence-corrected chi connectivity index (χ0v) is 19.1. The van der Waals surface area contributed by atoms with Gasteiger partial charge in [-0.15, -0.1) is 11.8 Å². The zero-order valence-electron chi connectivity index (χ0n) is 18.3. The van der Waals surface area contributed by atoms with E-state index in [0.717, 1.165) is 37.7 Å². The highest BCUT2D eigenvalue weighted by Gasteiger charge is 2.14. The number of aromatic nitrogens is 2. The Hall–Kier alpha value is -2.83. The van der Waals surface area contributed by atoms with Crippen molar-refractivity contribution in [2.24, 2.45) is 0 Å². The molecular formula is C26H30N4OS+2. The van der Waals surface area contributed by atoms with E-state index in [1.807, 2.05) is 11.8 Å². The Morgan fingerprint density at radius 3 is 1.69 bits per heavy atom. The minimum absolute atomic E-state index is 0.678. The summed E-state index contributed by atoms with van der Waals surface area (Å²) in [4.78, 5) is 0. The molecule has 0 radical (unpaired) electrons. The average Bonchev–Trinajstić information content (AvgIpc) is 2.84. The summed E-state index contributed by atoms with van der Waals surface area (Å²) in [6.07, 6.45) is 4.41. The second-order valence-electron chi connectivity index (χ2n) is 7.96. The lowest BCUT2D eigenvalue weighted by atomic mass is 10.2. The Balaban J connectivity index is 1.38. The lowest BCUT2D eigenvalue weighted by molar-refractivity contribution is -0.667. The van der Waals surface area contributed by atoms with Crippen LogP contribution in [0.4, 0.5) is 11.4 Å². The van der Waals surface area contributed by atoms with Gasteiger partial charge in [-0.1, -0.05) is 24.3 Å². The molecule has 2 aliphatic heterocycles. The summed E-state index contributed by atoms with van der Waals surface area (Å²) in [7, 11) is 0. The molecule has 0 amide bonds. The summed E-state index contributed by atoms with van der Waals surface area (Å²) in [6.45, 7) is 4.94. The average molecular weight is 447 g/mol. The molecule has 6 rings (SSSR count). The molecule has 0 aliphatic carbocycles. The first-order chi connectivity index (χ1) is 15.9. The Kier molecular flexibility index (Phi) is 6.70. The monoisotopic (exact) mass is 446 g/mol. The van der Waals surface area contributed by atoms with Gasteiger partial charge in [0.1, 0.15) is 0 Å². The number of thioether (sulfide) groups is 1. The lowest BCUT2D eigenvalue weighted by Crippen LogP contribution is -2.37. The van der Waals surface area contributed by atoms with Crippen LogP contribution >= 0.6 is 11.8 Å². The van der Waals surface area contributed by atoms with E-state index >= 15 is 0 Å². The van der Waals surface area contributed by atoms with Crippen LogP contribution in [0.15, 0.2) is 73.1 Å². The van der Waals surface area contributed by atoms with Crippen molar-refractivity contribution in [1.82, 2.24) is 0 Å². The smallest absolute Gasteiger partial charge is 0.214 e. The van der Waals surface area contributed by atoms with Crippen molar-refractivity contribution >= 4 is 44.9 Å². The molecule has 0 atom stereocenters. The van der Waals surface area contributed by atoms with Gasteiger partial charge in [0.2, 0.25) is 11.0 Å². The Morgan fingerprint density at radius 1 is 0.656 bits per heavy atom. The highest BCUT2D eigenvalue weighted by Crippen LogP contribution is 2.21. The van der Waals surface area contributed by atoms with Crippen LogP contribution in [0.2, 0.25) is 0 Å². The van der Waals surface area contributed by atoms with E-state index < -0.39 is 0 Å². The maximum absolute atomic E-state index is 5.88. The Labute approximate surface area is 193 Å². The van der Waals surface area contributed by atoms with Crippen molar-refractivity contribution in [2.75, 3.05) is 48.4 Å². The van der Waals surface area contributed by atoms with Gasteiger partial charge in [-0.25, -0.2) is 0 Å². The van der Waals surface area contributed by atoms with E-state index in [1.165, 1.54) is 33.2 Å². The van der Waals surface area contributed by atoms with E-state index in [1.54, 1.807) is 0 Å². The SMILES string of the molecule is c1ccc2c(c1)c1cc[n+]2CCSCC[n+]2ccc(c3ccccc32)NCCOCCN1. The summed E-state index contributed by atoms with van der Waals surface area (Å²) in [6, 6.07) is 21.7. The molecule has 164 valence electrons. The molecule has 2 aliphatic rings. The number of para-hydroxylation sites is 2. The number of hydrogen-bond acceptors (Lipinski definition) is 4. The maximum atomic E-state index is 5.88. The number of nitrogens with one attached hydrogen (secondary N) is 2. The first-order valence-electron chi connectivity index (χ1n) is 11.4. The topological polar surface area (TPSA) is 41.0 Å². The molecule has 0 saturated heterocycles. The summed E-state index contributed by atoms with van der Waals surface area (Å²) in [5.41, 5.74) is 4.88. The zero-order chi connectivity index (χ0) is 21.6. The lowest BCUT2D eigenvalue weighted by Gasteiger charge is -2.12. The van der Waals surface area contributed by atoms with Gasteiger partial charge in [0.05, 0.1) is 46.9 Å². The molecule has 2 aromatic carbocycles. The number of benzene rings is 2. The van der Waals surface area contributed by atoms with Crippen LogP contribution in [0.3, 0.4) is 0 Å². The molecule has 0 fully saturated rings. The van der Waals surface area contributed by atoms with Gasteiger partial charge in [-0.3, -0.25) is 0 Å². The van der Waals surface area contributed by atoms with Crippen molar-refractivity contribution in [2.45, 2.75) is 13.1 Å². The summed E-state index contributed by atoms with van der Waals surface area (Å²) < 4.78 is 10.6. The fraction of sp³-hybridized carbons (Fsp3) is 0.308.